The van der Waals surface area contributed by atoms with Gasteiger partial charge in [0, 0.05) is 29.6 Å². The molecule has 25 heavy (non-hydrogen) atoms. The first-order valence-electron chi connectivity index (χ1n) is 7.84. The SMILES string of the molecule is COc1ccc2c(Cc3cc(OC)c(OC)c(OC)c3N)c[nH]c2c1. The van der Waals surface area contributed by atoms with Crippen LogP contribution in [0.2, 0.25) is 0 Å². The zero-order valence-corrected chi connectivity index (χ0v) is 14.8. The maximum atomic E-state index is 6.31. The summed E-state index contributed by atoms with van der Waals surface area (Å²) in [6, 6.07) is 7.84. The van der Waals surface area contributed by atoms with Crippen LogP contribution in [0.1, 0.15) is 11.1 Å². The molecule has 0 atom stereocenters. The van der Waals surface area contributed by atoms with Crippen LogP contribution in [-0.2, 0) is 6.42 Å². The Morgan fingerprint density at radius 2 is 1.64 bits per heavy atom. The second-order valence-electron chi connectivity index (χ2n) is 5.62. The van der Waals surface area contributed by atoms with E-state index in [9.17, 15) is 0 Å². The Hall–Kier alpha value is -3.02. The molecule has 0 radical (unpaired) electrons. The van der Waals surface area contributed by atoms with Gasteiger partial charge in [-0.15, -0.1) is 0 Å². The predicted octanol–water partition coefficient (Wildman–Crippen LogP) is 3.38. The van der Waals surface area contributed by atoms with E-state index < -0.39 is 0 Å². The number of methoxy groups -OCH3 is 4. The van der Waals surface area contributed by atoms with Crippen molar-refractivity contribution >= 4 is 16.6 Å². The fourth-order valence-corrected chi connectivity index (χ4v) is 3.02. The highest BCUT2D eigenvalue weighted by atomic mass is 16.5. The Morgan fingerprint density at radius 1 is 0.880 bits per heavy atom. The Labute approximate surface area is 146 Å². The molecule has 0 fully saturated rings. The van der Waals surface area contributed by atoms with Crippen LogP contribution in [0, 0.1) is 0 Å². The first kappa shape index (κ1) is 16.8. The maximum absolute atomic E-state index is 6.31. The Morgan fingerprint density at radius 3 is 2.28 bits per heavy atom. The summed E-state index contributed by atoms with van der Waals surface area (Å²) in [7, 11) is 6.37. The third-order valence-electron chi connectivity index (χ3n) is 4.31. The molecule has 132 valence electrons. The third-order valence-corrected chi connectivity index (χ3v) is 4.31. The number of nitrogens with two attached hydrogens (primary N) is 1. The van der Waals surface area contributed by atoms with E-state index in [1.165, 1.54) is 0 Å². The molecule has 0 unspecified atom stereocenters. The minimum absolute atomic E-state index is 0.485. The zero-order valence-electron chi connectivity index (χ0n) is 14.8. The molecule has 0 bridgehead atoms. The third kappa shape index (κ3) is 2.91. The van der Waals surface area contributed by atoms with E-state index in [0.717, 1.165) is 27.8 Å². The molecule has 3 rings (SSSR count). The molecule has 6 nitrogen and oxygen atoms in total. The summed E-state index contributed by atoms with van der Waals surface area (Å²) < 4.78 is 21.5. The largest absolute Gasteiger partial charge is 0.497 e. The number of rotatable bonds is 6. The number of nitrogens with one attached hydrogen (secondary N) is 1. The summed E-state index contributed by atoms with van der Waals surface area (Å²) in [6.45, 7) is 0. The number of hydrogen-bond acceptors (Lipinski definition) is 5. The second-order valence-corrected chi connectivity index (χ2v) is 5.62. The summed E-state index contributed by atoms with van der Waals surface area (Å²) in [6.07, 6.45) is 2.61. The van der Waals surface area contributed by atoms with Crippen LogP contribution in [0.25, 0.3) is 10.9 Å². The lowest BCUT2D eigenvalue weighted by Gasteiger charge is -2.17. The van der Waals surface area contributed by atoms with Crippen LogP contribution in [0.3, 0.4) is 0 Å². The molecule has 2 aromatic carbocycles. The highest BCUT2D eigenvalue weighted by Crippen LogP contribution is 2.44. The van der Waals surface area contributed by atoms with E-state index in [-0.39, 0.29) is 0 Å². The van der Waals surface area contributed by atoms with Gasteiger partial charge in [-0.2, -0.15) is 0 Å². The summed E-state index contributed by atoms with van der Waals surface area (Å²) >= 11 is 0. The minimum atomic E-state index is 0.485. The lowest BCUT2D eigenvalue weighted by molar-refractivity contribution is 0.325. The molecule has 0 aliphatic heterocycles. The number of hydrogen-bond donors (Lipinski definition) is 2. The monoisotopic (exact) mass is 342 g/mol. The lowest BCUT2D eigenvalue weighted by Crippen LogP contribution is -2.03. The fourth-order valence-electron chi connectivity index (χ4n) is 3.02. The minimum Gasteiger partial charge on any atom is -0.497 e. The molecule has 6 heteroatoms. The van der Waals surface area contributed by atoms with E-state index in [1.807, 2.05) is 30.5 Å². The summed E-state index contributed by atoms with van der Waals surface area (Å²) in [5, 5.41) is 1.12. The standard InChI is InChI=1S/C19H22N2O4/c1-22-13-5-6-14-12(10-21-15(14)9-13)7-11-8-16(23-2)18(24-3)19(25-4)17(11)20/h5-6,8-10,21H,7,20H2,1-4H3. The normalized spacial score (nSPS) is 10.7. The van der Waals surface area contributed by atoms with Gasteiger partial charge in [-0.3, -0.25) is 0 Å². The zero-order chi connectivity index (χ0) is 18.0. The highest BCUT2D eigenvalue weighted by molar-refractivity contribution is 5.85. The summed E-state index contributed by atoms with van der Waals surface area (Å²) in [5.74, 6) is 2.38. The molecule has 0 amide bonds. The summed E-state index contributed by atoms with van der Waals surface area (Å²) in [4.78, 5) is 3.27. The average molecular weight is 342 g/mol. The quantitative estimate of drug-likeness (QED) is 0.672. The van der Waals surface area contributed by atoms with Crippen LogP contribution >= 0.6 is 0 Å². The van der Waals surface area contributed by atoms with Gasteiger partial charge in [0.1, 0.15) is 5.75 Å². The maximum Gasteiger partial charge on any atom is 0.205 e. The van der Waals surface area contributed by atoms with Gasteiger partial charge in [0.05, 0.1) is 34.1 Å². The van der Waals surface area contributed by atoms with Gasteiger partial charge in [0.25, 0.3) is 0 Å². The molecule has 0 saturated carbocycles. The van der Waals surface area contributed by atoms with Gasteiger partial charge >= 0.3 is 0 Å². The van der Waals surface area contributed by atoms with E-state index in [0.29, 0.717) is 29.4 Å². The van der Waals surface area contributed by atoms with E-state index in [1.54, 1.807) is 28.4 Å². The number of aromatic amines is 1. The topological polar surface area (TPSA) is 78.7 Å². The molecule has 0 spiro atoms. The van der Waals surface area contributed by atoms with Crippen molar-refractivity contribution in [1.82, 2.24) is 4.98 Å². The lowest BCUT2D eigenvalue weighted by atomic mass is 10.0. The van der Waals surface area contributed by atoms with Gasteiger partial charge in [-0.25, -0.2) is 0 Å². The van der Waals surface area contributed by atoms with Crippen molar-refractivity contribution in [2.24, 2.45) is 0 Å². The molecular formula is C19H22N2O4. The number of nitrogen functional groups attached to an aromatic ring is 1. The van der Waals surface area contributed by atoms with E-state index in [2.05, 4.69) is 4.98 Å². The molecular weight excluding hydrogens is 320 g/mol. The Kier molecular flexibility index (Phi) is 4.61. The number of benzene rings is 2. The number of ether oxygens (including phenoxy) is 4. The van der Waals surface area contributed by atoms with Gasteiger partial charge in [0.15, 0.2) is 11.5 Å². The van der Waals surface area contributed by atoms with Crippen molar-refractivity contribution in [3.05, 3.63) is 41.6 Å². The Balaban J connectivity index is 2.06. The van der Waals surface area contributed by atoms with Crippen LogP contribution in [0.4, 0.5) is 5.69 Å². The first-order valence-corrected chi connectivity index (χ1v) is 7.84. The van der Waals surface area contributed by atoms with E-state index >= 15 is 0 Å². The molecule has 3 aromatic rings. The smallest absolute Gasteiger partial charge is 0.205 e. The van der Waals surface area contributed by atoms with Crippen molar-refractivity contribution in [1.29, 1.82) is 0 Å². The number of aromatic nitrogens is 1. The molecule has 0 aliphatic carbocycles. The molecule has 1 aromatic heterocycles. The highest BCUT2D eigenvalue weighted by Gasteiger charge is 2.19. The average Bonchev–Trinajstić information content (AvgIpc) is 3.04. The van der Waals surface area contributed by atoms with Crippen molar-refractivity contribution in [2.45, 2.75) is 6.42 Å². The number of fused-ring (bicyclic) bond motifs is 1. The van der Waals surface area contributed by atoms with Gasteiger partial charge in [-0.1, -0.05) is 0 Å². The number of H-pyrrole nitrogens is 1. The molecule has 0 aliphatic rings. The predicted molar refractivity (Wildman–Crippen MR) is 98.2 cm³/mol. The van der Waals surface area contributed by atoms with Crippen molar-refractivity contribution in [3.63, 3.8) is 0 Å². The van der Waals surface area contributed by atoms with E-state index in [4.69, 9.17) is 24.7 Å². The van der Waals surface area contributed by atoms with Crippen LogP contribution in [-0.4, -0.2) is 33.4 Å². The van der Waals surface area contributed by atoms with Crippen LogP contribution in [0.5, 0.6) is 23.0 Å². The van der Waals surface area contributed by atoms with Crippen LogP contribution < -0.4 is 24.7 Å². The van der Waals surface area contributed by atoms with Gasteiger partial charge in [-0.05, 0) is 29.3 Å². The second kappa shape index (κ2) is 6.84. The molecule has 1 heterocycles. The fraction of sp³-hybridized carbons (Fsp3) is 0.263. The van der Waals surface area contributed by atoms with Crippen molar-refractivity contribution in [2.75, 3.05) is 34.2 Å². The number of anilines is 1. The Bertz CT molecular complexity index is 902. The van der Waals surface area contributed by atoms with Crippen LogP contribution in [0.15, 0.2) is 30.5 Å². The van der Waals surface area contributed by atoms with Crippen molar-refractivity contribution < 1.29 is 18.9 Å². The van der Waals surface area contributed by atoms with Crippen molar-refractivity contribution in [3.8, 4) is 23.0 Å². The first-order chi connectivity index (χ1) is 12.1. The van der Waals surface area contributed by atoms with Gasteiger partial charge < -0.3 is 29.7 Å². The summed E-state index contributed by atoms with van der Waals surface area (Å²) in [5.41, 5.74) is 9.90. The van der Waals surface area contributed by atoms with Gasteiger partial charge in [0.2, 0.25) is 5.75 Å². The molecule has 0 saturated heterocycles. The molecule has 3 N–H and O–H groups in total.